The highest BCUT2D eigenvalue weighted by atomic mass is 14.9. The van der Waals surface area contributed by atoms with Gasteiger partial charge in [0.15, 0.2) is 5.82 Å². The Morgan fingerprint density at radius 3 is 0.716 bits per heavy atom. The van der Waals surface area contributed by atoms with Crippen LogP contribution in [-0.2, 0) is 0 Å². The average Bonchev–Trinajstić information content (AvgIpc) is 0.767. The fourth-order valence-corrected chi connectivity index (χ4v) is 14.8. The van der Waals surface area contributed by atoms with Crippen molar-refractivity contribution in [2.45, 2.75) is 6.92 Å². The third-order valence-electron chi connectivity index (χ3n) is 20.3. The number of aliphatic imine (C=N–C) groups is 1. The number of hydrogen-bond donors (Lipinski definition) is 0. The van der Waals surface area contributed by atoms with Crippen molar-refractivity contribution in [2.75, 3.05) is 0 Å². The van der Waals surface area contributed by atoms with Crippen LogP contribution in [0.2, 0.25) is 0 Å². The average molecular weight is 1390 g/mol. The van der Waals surface area contributed by atoms with Gasteiger partial charge in [0.25, 0.3) is 0 Å². The first-order valence-corrected chi connectivity index (χ1v) is 36.7. The molecule has 6 heteroatoms. The van der Waals surface area contributed by atoms with Gasteiger partial charge in [-0.05, 0) is 220 Å². The largest absolute Gasteiger partial charge is 0.264 e. The number of hydrogen-bond acceptors (Lipinski definition) is 6. The van der Waals surface area contributed by atoms with Crippen LogP contribution < -0.4 is 0 Å². The van der Waals surface area contributed by atoms with Crippen LogP contribution in [0.3, 0.4) is 0 Å². The number of rotatable bonds is 19. The molecule has 0 aliphatic heterocycles. The Morgan fingerprint density at radius 2 is 0.468 bits per heavy atom. The third kappa shape index (κ3) is 14.4. The third-order valence-corrected chi connectivity index (χ3v) is 20.3. The van der Waals surface area contributed by atoms with Crippen molar-refractivity contribution in [3.63, 3.8) is 0 Å². The Balaban J connectivity index is 0.717. The second kappa shape index (κ2) is 31.1. The fourth-order valence-electron chi connectivity index (χ4n) is 14.8. The second-order valence-electron chi connectivity index (χ2n) is 26.9. The van der Waals surface area contributed by atoms with E-state index in [-0.39, 0.29) is 0 Å². The Morgan fingerprint density at radius 1 is 0.239 bits per heavy atom. The molecule has 0 aliphatic carbocycles. The van der Waals surface area contributed by atoms with Gasteiger partial charge in [0, 0.05) is 64.4 Å². The second-order valence-corrected chi connectivity index (χ2v) is 26.9. The summed E-state index contributed by atoms with van der Waals surface area (Å²) in [5.41, 5.74) is 35.1. The molecule has 0 radical (unpaired) electrons. The van der Waals surface area contributed by atoms with Crippen molar-refractivity contribution in [3.8, 4) is 179 Å². The molecule has 0 aliphatic rings. The number of benzene rings is 13. The zero-order chi connectivity index (χ0) is 73.2. The van der Waals surface area contributed by atoms with Crippen LogP contribution in [0.4, 0.5) is 0 Å². The first kappa shape index (κ1) is 67.7. The van der Waals surface area contributed by atoms with Crippen LogP contribution in [0.5, 0.6) is 0 Å². The SMILES string of the molecule is C=N/C(=C\C=C/C)c1ccc(-c2ccccc2-c2cc(-c3ccccc3-c3ccc(-c4ccccn4)cc3)cc(-c3ccccc3-c3cnc(-c4ccc(-c5ccccc5-c5cc(-c6ccccc6-c6ccc(-c7ccccn7)cc6)cc(-c6ccccc6-c6ccc(-c7ccccn7)cc6)c5)cc4)nc3)c2)cc1. The fraction of sp³-hybridized carbons (Fsp3) is 0.00971. The molecule has 13 aromatic carbocycles. The quantitative estimate of drug-likeness (QED) is 0.0595. The Labute approximate surface area is 636 Å². The van der Waals surface area contributed by atoms with Crippen molar-refractivity contribution in [2.24, 2.45) is 4.99 Å². The maximum Gasteiger partial charge on any atom is 0.159 e. The molecule has 109 heavy (non-hydrogen) atoms. The van der Waals surface area contributed by atoms with E-state index in [1.807, 2.05) is 98.6 Å². The molecule has 514 valence electrons. The Kier molecular flexibility index (Phi) is 19.3. The van der Waals surface area contributed by atoms with E-state index in [2.05, 4.69) is 342 Å². The molecule has 4 heterocycles. The van der Waals surface area contributed by atoms with Gasteiger partial charge in [0.1, 0.15) is 0 Å². The molecule has 17 aromatic rings. The predicted molar refractivity (Wildman–Crippen MR) is 455 cm³/mol. The Bertz CT molecular complexity index is 6030. The van der Waals surface area contributed by atoms with Crippen molar-refractivity contribution in [1.29, 1.82) is 0 Å². The van der Waals surface area contributed by atoms with Crippen LogP contribution in [0.1, 0.15) is 12.5 Å². The van der Waals surface area contributed by atoms with E-state index < -0.39 is 0 Å². The number of aromatic nitrogens is 5. The lowest BCUT2D eigenvalue weighted by Crippen LogP contribution is -1.94. The summed E-state index contributed by atoms with van der Waals surface area (Å²) in [5, 5.41) is 0. The van der Waals surface area contributed by atoms with E-state index in [1.54, 1.807) is 0 Å². The summed E-state index contributed by atoms with van der Waals surface area (Å²) < 4.78 is 0. The van der Waals surface area contributed by atoms with Crippen molar-refractivity contribution < 1.29 is 0 Å². The molecule has 17 rings (SSSR count). The molecule has 4 aromatic heterocycles. The first-order valence-electron chi connectivity index (χ1n) is 36.7. The molecule has 0 bridgehead atoms. The van der Waals surface area contributed by atoms with Gasteiger partial charge in [-0.2, -0.15) is 0 Å². The van der Waals surface area contributed by atoms with Crippen molar-refractivity contribution in [1.82, 2.24) is 24.9 Å². The molecule has 0 unspecified atom stereocenters. The zero-order valence-electron chi connectivity index (χ0n) is 60.1. The highest BCUT2D eigenvalue weighted by Crippen LogP contribution is 2.46. The van der Waals surface area contributed by atoms with Gasteiger partial charge in [-0.3, -0.25) is 19.9 Å². The lowest BCUT2D eigenvalue weighted by atomic mass is 9.86. The first-order chi connectivity index (χ1) is 53.9. The van der Waals surface area contributed by atoms with Gasteiger partial charge < -0.3 is 0 Å². The molecule has 0 N–H and O–H groups in total. The van der Waals surface area contributed by atoms with Gasteiger partial charge in [-0.1, -0.05) is 297 Å². The minimum Gasteiger partial charge on any atom is -0.264 e. The molecule has 0 atom stereocenters. The number of allylic oxidation sites excluding steroid dienone is 3. The summed E-state index contributed by atoms with van der Waals surface area (Å²) in [5.74, 6) is 0.637. The molecule has 0 fully saturated rings. The molecule has 0 amide bonds. The van der Waals surface area contributed by atoms with E-state index >= 15 is 0 Å². The van der Waals surface area contributed by atoms with Crippen LogP contribution in [0, 0.1) is 0 Å². The summed E-state index contributed by atoms with van der Waals surface area (Å²) in [4.78, 5) is 28.6. The van der Waals surface area contributed by atoms with E-state index in [0.29, 0.717) is 5.82 Å². The molecule has 6 nitrogen and oxygen atoms in total. The summed E-state index contributed by atoms with van der Waals surface area (Å²) in [6.07, 6.45) is 15.4. The smallest absolute Gasteiger partial charge is 0.159 e. The standard InChI is InChI=1S/C103H72N6/c1-3-4-35-99(104-2)75-49-39-70(40-50-75)87-23-5-10-30-94(87)83-65-84(95-31-13-8-26-90(95)73-45-55-78(56-46-73)102-38-19-22-61-107-102)67-85(66-83)97-33-15-16-34-98(97)86-68-108-103(109-69-86)79-57-47-74(48-58-79)91-27-9-14-32-96(91)82-63-80(92-28-11-6-24-88(92)71-41-51-76(52-42-71)100-36-17-20-59-105-100)62-81(64-82)93-29-12-7-25-89(93)72-43-53-77(54-44-72)101-37-18-21-60-106-101/h3-69H,2H2,1H3/b4-3-,99-35-. The summed E-state index contributed by atoms with van der Waals surface area (Å²) in [6.45, 7) is 5.87. The maximum atomic E-state index is 5.15. The van der Waals surface area contributed by atoms with Crippen LogP contribution in [0.25, 0.3) is 184 Å². The van der Waals surface area contributed by atoms with Crippen molar-refractivity contribution in [3.05, 3.63) is 413 Å². The lowest BCUT2D eigenvalue weighted by Gasteiger charge is -2.18. The zero-order valence-corrected chi connectivity index (χ0v) is 60.1. The van der Waals surface area contributed by atoms with E-state index in [4.69, 9.17) is 9.97 Å². The topological polar surface area (TPSA) is 76.8 Å². The highest BCUT2D eigenvalue weighted by molar-refractivity contribution is 5.97. The molecular weight excluding hydrogens is 1320 g/mol. The predicted octanol–water partition coefficient (Wildman–Crippen LogP) is 27.0. The summed E-state index contributed by atoms with van der Waals surface area (Å²) in [7, 11) is 0. The Hall–Kier alpha value is -14.5. The van der Waals surface area contributed by atoms with Crippen molar-refractivity contribution >= 4 is 12.4 Å². The number of nitrogens with zero attached hydrogens (tertiary/aromatic N) is 6. The summed E-state index contributed by atoms with van der Waals surface area (Å²) >= 11 is 0. The van der Waals surface area contributed by atoms with Gasteiger partial charge in [0.2, 0.25) is 0 Å². The lowest BCUT2D eigenvalue weighted by molar-refractivity contribution is 1.18. The minimum absolute atomic E-state index is 0.637. The van der Waals surface area contributed by atoms with Gasteiger partial charge in [0.05, 0.1) is 22.8 Å². The van der Waals surface area contributed by atoms with E-state index in [9.17, 15) is 0 Å². The maximum absolute atomic E-state index is 5.15. The van der Waals surface area contributed by atoms with Crippen LogP contribution >= 0.6 is 0 Å². The van der Waals surface area contributed by atoms with E-state index in [1.165, 1.54) is 0 Å². The van der Waals surface area contributed by atoms with Crippen LogP contribution in [-0.4, -0.2) is 31.6 Å². The molecule has 0 spiro atoms. The summed E-state index contributed by atoms with van der Waals surface area (Å²) in [6, 6.07) is 128. The minimum atomic E-state index is 0.637. The van der Waals surface area contributed by atoms with Crippen LogP contribution in [0.15, 0.2) is 412 Å². The normalized spacial score (nSPS) is 11.4. The molecular formula is C103H72N6. The number of pyridine rings is 3. The van der Waals surface area contributed by atoms with Gasteiger partial charge in [-0.15, -0.1) is 0 Å². The van der Waals surface area contributed by atoms with Gasteiger partial charge in [-0.25, -0.2) is 9.97 Å². The molecule has 0 saturated carbocycles. The monoisotopic (exact) mass is 1390 g/mol. The van der Waals surface area contributed by atoms with E-state index in [0.717, 1.165) is 184 Å². The van der Waals surface area contributed by atoms with Gasteiger partial charge >= 0.3 is 0 Å². The highest BCUT2D eigenvalue weighted by Gasteiger charge is 2.21. The molecule has 0 saturated heterocycles.